The number of unbranched alkanes of at least 4 members (excludes halogenated alkanes) is 3. The Balaban J connectivity index is 1.99. The molecule has 4 nitrogen and oxygen atoms in total. The van der Waals surface area contributed by atoms with Crippen LogP contribution in [0.3, 0.4) is 0 Å². The summed E-state index contributed by atoms with van der Waals surface area (Å²) >= 11 is 0. The zero-order valence-corrected chi connectivity index (χ0v) is 11.8. The van der Waals surface area contributed by atoms with Crippen LogP contribution in [0.25, 0.3) is 11.0 Å². The van der Waals surface area contributed by atoms with E-state index in [9.17, 15) is 0 Å². The van der Waals surface area contributed by atoms with Crippen LogP contribution in [0.2, 0.25) is 0 Å². The molecular weight excluding hydrogens is 248 g/mol. The van der Waals surface area contributed by atoms with E-state index >= 15 is 0 Å². The Kier molecular flexibility index (Phi) is 5.65. The van der Waals surface area contributed by atoms with E-state index in [2.05, 4.69) is 34.1 Å². The Labute approximate surface area is 120 Å². The molecule has 0 aliphatic carbocycles. The molecule has 2 rings (SSSR count). The largest absolute Gasteiger partial charge is 0.271 e. The average Bonchev–Trinajstić information content (AvgIpc) is 2.50. The van der Waals surface area contributed by atoms with E-state index in [1.54, 1.807) is 12.4 Å². The van der Waals surface area contributed by atoms with Gasteiger partial charge in [0.2, 0.25) is 0 Å². The predicted molar refractivity (Wildman–Crippen MR) is 82.9 cm³/mol. The van der Waals surface area contributed by atoms with E-state index in [0.29, 0.717) is 0 Å². The second-order valence-electron chi connectivity index (χ2n) is 4.95. The van der Waals surface area contributed by atoms with Crippen LogP contribution in [-0.2, 0) is 0 Å². The van der Waals surface area contributed by atoms with E-state index in [0.717, 1.165) is 30.3 Å². The number of nitrogens with two attached hydrogens (primary N) is 1. The summed E-state index contributed by atoms with van der Waals surface area (Å²) in [6, 6.07) is 6.31. The van der Waals surface area contributed by atoms with Crippen molar-refractivity contribution >= 4 is 11.0 Å². The second-order valence-corrected chi connectivity index (χ2v) is 4.95. The summed E-state index contributed by atoms with van der Waals surface area (Å²) in [5, 5.41) is 0. The molecule has 20 heavy (non-hydrogen) atoms. The van der Waals surface area contributed by atoms with Gasteiger partial charge in [0.15, 0.2) is 0 Å². The molecule has 1 aromatic carbocycles. The van der Waals surface area contributed by atoms with Gasteiger partial charge >= 0.3 is 0 Å². The fourth-order valence-electron chi connectivity index (χ4n) is 2.36. The number of hydrazine groups is 1. The Bertz CT molecular complexity index is 553. The molecule has 0 spiro atoms. The number of hydrogen-bond acceptors (Lipinski definition) is 4. The van der Waals surface area contributed by atoms with Gasteiger partial charge in [0.1, 0.15) is 0 Å². The molecule has 1 heterocycles. The van der Waals surface area contributed by atoms with Crippen molar-refractivity contribution in [2.75, 3.05) is 0 Å². The Morgan fingerprint density at radius 3 is 2.70 bits per heavy atom. The molecule has 1 aromatic heterocycles. The Morgan fingerprint density at radius 1 is 1.15 bits per heavy atom. The van der Waals surface area contributed by atoms with Gasteiger partial charge < -0.3 is 0 Å². The number of fused-ring (bicyclic) bond motifs is 1. The van der Waals surface area contributed by atoms with Crippen molar-refractivity contribution in [3.63, 3.8) is 0 Å². The molecule has 0 amide bonds. The third-order valence-corrected chi connectivity index (χ3v) is 3.50. The highest BCUT2D eigenvalue weighted by molar-refractivity contribution is 5.74. The lowest BCUT2D eigenvalue weighted by molar-refractivity contribution is 0.484. The first kappa shape index (κ1) is 14.6. The van der Waals surface area contributed by atoms with E-state index < -0.39 is 0 Å². The zero-order chi connectivity index (χ0) is 14.2. The lowest BCUT2D eigenvalue weighted by Gasteiger charge is -2.16. The summed E-state index contributed by atoms with van der Waals surface area (Å²) < 4.78 is 0. The smallest absolute Gasteiger partial charge is 0.0890 e. The summed E-state index contributed by atoms with van der Waals surface area (Å²) in [5.74, 6) is 5.69. The molecule has 0 fully saturated rings. The monoisotopic (exact) mass is 270 g/mol. The van der Waals surface area contributed by atoms with Crippen molar-refractivity contribution in [3.8, 4) is 0 Å². The Morgan fingerprint density at radius 2 is 1.95 bits per heavy atom. The number of benzene rings is 1. The first-order valence-corrected chi connectivity index (χ1v) is 7.13. The molecule has 4 heteroatoms. The predicted octanol–water partition coefficient (Wildman–Crippen LogP) is 3.27. The SMILES string of the molecule is C=CCCCCCC(NN)c1ccc2nccnc2c1. The molecule has 1 unspecified atom stereocenters. The van der Waals surface area contributed by atoms with Gasteiger partial charge in [-0.2, -0.15) is 0 Å². The minimum atomic E-state index is 0.171. The van der Waals surface area contributed by atoms with Gasteiger partial charge in [-0.05, 0) is 37.0 Å². The van der Waals surface area contributed by atoms with Crippen LogP contribution in [0.5, 0.6) is 0 Å². The van der Waals surface area contributed by atoms with Crippen LogP contribution >= 0.6 is 0 Å². The summed E-state index contributed by atoms with van der Waals surface area (Å²) in [6.45, 7) is 3.74. The van der Waals surface area contributed by atoms with Gasteiger partial charge in [-0.3, -0.25) is 21.2 Å². The number of nitrogens with one attached hydrogen (secondary N) is 1. The van der Waals surface area contributed by atoms with Gasteiger partial charge in [0.25, 0.3) is 0 Å². The molecule has 106 valence electrons. The van der Waals surface area contributed by atoms with Crippen LogP contribution in [-0.4, -0.2) is 9.97 Å². The van der Waals surface area contributed by atoms with Crippen molar-refractivity contribution in [1.82, 2.24) is 15.4 Å². The van der Waals surface area contributed by atoms with Gasteiger partial charge in [-0.15, -0.1) is 6.58 Å². The first-order valence-electron chi connectivity index (χ1n) is 7.13. The maximum absolute atomic E-state index is 5.69. The van der Waals surface area contributed by atoms with E-state index in [4.69, 9.17) is 5.84 Å². The van der Waals surface area contributed by atoms with Gasteiger partial charge in [0.05, 0.1) is 11.0 Å². The van der Waals surface area contributed by atoms with Crippen LogP contribution < -0.4 is 11.3 Å². The average molecular weight is 270 g/mol. The van der Waals surface area contributed by atoms with Gasteiger partial charge in [-0.25, -0.2) is 0 Å². The van der Waals surface area contributed by atoms with Crippen molar-refractivity contribution < 1.29 is 0 Å². The molecule has 0 radical (unpaired) electrons. The van der Waals surface area contributed by atoms with E-state index in [-0.39, 0.29) is 6.04 Å². The van der Waals surface area contributed by atoms with Crippen LogP contribution in [0.1, 0.15) is 43.7 Å². The van der Waals surface area contributed by atoms with Gasteiger partial charge in [-0.1, -0.05) is 25.0 Å². The quantitative estimate of drug-likeness (QED) is 0.334. The highest BCUT2D eigenvalue weighted by Gasteiger charge is 2.10. The highest BCUT2D eigenvalue weighted by Crippen LogP contribution is 2.22. The van der Waals surface area contributed by atoms with E-state index in [1.807, 2.05) is 12.1 Å². The third kappa shape index (κ3) is 3.85. The number of aromatic nitrogens is 2. The summed E-state index contributed by atoms with van der Waals surface area (Å²) in [4.78, 5) is 8.62. The molecule has 1 atom stereocenters. The number of rotatable bonds is 8. The Hall–Kier alpha value is -1.78. The topological polar surface area (TPSA) is 63.8 Å². The lowest BCUT2D eigenvalue weighted by atomic mass is 10.00. The molecule has 0 aliphatic rings. The second kappa shape index (κ2) is 7.72. The van der Waals surface area contributed by atoms with Crippen molar-refractivity contribution in [3.05, 3.63) is 48.8 Å². The normalized spacial score (nSPS) is 12.4. The van der Waals surface area contributed by atoms with Crippen LogP contribution in [0.15, 0.2) is 43.2 Å². The van der Waals surface area contributed by atoms with Crippen molar-refractivity contribution in [2.45, 2.75) is 38.1 Å². The number of nitrogens with zero attached hydrogens (tertiary/aromatic N) is 2. The maximum Gasteiger partial charge on any atom is 0.0890 e. The van der Waals surface area contributed by atoms with Crippen LogP contribution in [0.4, 0.5) is 0 Å². The van der Waals surface area contributed by atoms with Crippen LogP contribution in [0, 0.1) is 0 Å². The first-order chi connectivity index (χ1) is 9.85. The third-order valence-electron chi connectivity index (χ3n) is 3.50. The number of allylic oxidation sites excluding steroid dienone is 1. The summed E-state index contributed by atoms with van der Waals surface area (Å²) in [7, 11) is 0. The molecule has 2 aromatic rings. The highest BCUT2D eigenvalue weighted by atomic mass is 15.2. The fraction of sp³-hybridized carbons (Fsp3) is 0.375. The molecular formula is C16H22N4. The molecule has 0 bridgehead atoms. The standard InChI is InChI=1S/C16H22N4/c1-2-3-4-5-6-7-14(20-17)13-8-9-15-16(12-13)19-11-10-18-15/h2,8-12,14,20H,1,3-7,17H2. The lowest BCUT2D eigenvalue weighted by Crippen LogP contribution is -2.28. The fourth-order valence-corrected chi connectivity index (χ4v) is 2.36. The van der Waals surface area contributed by atoms with Crippen molar-refractivity contribution in [1.29, 1.82) is 0 Å². The minimum Gasteiger partial charge on any atom is -0.271 e. The minimum absolute atomic E-state index is 0.171. The molecule has 0 saturated carbocycles. The molecule has 0 saturated heterocycles. The van der Waals surface area contributed by atoms with Crippen molar-refractivity contribution in [2.24, 2.45) is 5.84 Å². The molecule has 0 aliphatic heterocycles. The molecule has 3 N–H and O–H groups in total. The maximum atomic E-state index is 5.69. The van der Waals surface area contributed by atoms with E-state index in [1.165, 1.54) is 18.4 Å². The number of hydrogen-bond donors (Lipinski definition) is 2. The van der Waals surface area contributed by atoms with Gasteiger partial charge in [0, 0.05) is 18.4 Å². The zero-order valence-electron chi connectivity index (χ0n) is 11.8. The summed E-state index contributed by atoms with van der Waals surface area (Å²) in [5.41, 5.74) is 5.90. The summed E-state index contributed by atoms with van der Waals surface area (Å²) in [6.07, 6.45) is 11.1.